The molecule has 23 heavy (non-hydrogen) atoms. The van der Waals surface area contributed by atoms with Gasteiger partial charge in [-0.15, -0.1) is 0 Å². The fraction of sp³-hybridized carbons (Fsp3) is 0.500. The number of benzene rings is 1. The van der Waals surface area contributed by atoms with Crippen LogP contribution in [0.5, 0.6) is 0 Å². The molecule has 1 fully saturated rings. The zero-order valence-corrected chi connectivity index (χ0v) is 14.2. The highest BCUT2D eigenvalue weighted by Crippen LogP contribution is 2.39. The van der Waals surface area contributed by atoms with Gasteiger partial charge < -0.3 is 9.64 Å². The second-order valence-electron chi connectivity index (χ2n) is 5.75. The third kappa shape index (κ3) is 3.19. The van der Waals surface area contributed by atoms with Crippen LogP contribution in [0.15, 0.2) is 18.2 Å². The van der Waals surface area contributed by atoms with E-state index < -0.39 is 23.2 Å². The zero-order valence-electron chi connectivity index (χ0n) is 13.4. The average molecular weight is 343 g/mol. The van der Waals surface area contributed by atoms with Crippen molar-refractivity contribution in [2.45, 2.75) is 25.3 Å². The standard InChI is InChI=1S/C16H20ClFN2O3/c1-11(21)20(14-12(17)5-4-6-13(14)18)16(15(22)23-3)7-9-19(2)10-8-16/h4-6H,7-10H2,1-3H3. The van der Waals surface area contributed by atoms with Crippen molar-refractivity contribution < 1.29 is 18.7 Å². The first kappa shape index (κ1) is 17.7. The van der Waals surface area contributed by atoms with Crippen LogP contribution in [0.4, 0.5) is 10.1 Å². The molecule has 1 saturated heterocycles. The summed E-state index contributed by atoms with van der Waals surface area (Å²) in [6, 6.07) is 4.17. The summed E-state index contributed by atoms with van der Waals surface area (Å²) in [7, 11) is 3.19. The smallest absolute Gasteiger partial charge is 0.332 e. The highest BCUT2D eigenvalue weighted by molar-refractivity contribution is 6.34. The van der Waals surface area contributed by atoms with Crippen LogP contribution < -0.4 is 4.90 Å². The predicted octanol–water partition coefficient (Wildman–Crippen LogP) is 2.47. The largest absolute Gasteiger partial charge is 0.467 e. The Hall–Kier alpha value is -1.66. The second kappa shape index (κ2) is 6.84. The SMILES string of the molecule is COC(=O)C1(N(C(C)=O)c2c(F)cccc2Cl)CCN(C)CC1. The van der Waals surface area contributed by atoms with Crippen LogP contribution in [0.3, 0.4) is 0 Å². The van der Waals surface area contributed by atoms with Crippen LogP contribution in [-0.2, 0) is 14.3 Å². The summed E-state index contributed by atoms with van der Waals surface area (Å²) < 4.78 is 19.3. The van der Waals surface area contributed by atoms with E-state index in [0.29, 0.717) is 25.9 Å². The minimum absolute atomic E-state index is 0.0726. The Morgan fingerprint density at radius 1 is 1.35 bits per heavy atom. The molecule has 1 aromatic carbocycles. The topological polar surface area (TPSA) is 49.9 Å². The minimum atomic E-state index is -1.25. The molecule has 1 aliphatic heterocycles. The third-order valence-corrected chi connectivity index (χ3v) is 4.59. The summed E-state index contributed by atoms with van der Waals surface area (Å²) in [5.74, 6) is -1.65. The number of piperidine rings is 1. The molecular formula is C16H20ClFN2O3. The molecule has 1 heterocycles. The summed E-state index contributed by atoms with van der Waals surface area (Å²) in [6.07, 6.45) is 0.695. The number of carbonyl (C=O) groups is 2. The lowest BCUT2D eigenvalue weighted by atomic mass is 9.85. The average Bonchev–Trinajstić information content (AvgIpc) is 2.51. The van der Waals surface area contributed by atoms with Crippen molar-refractivity contribution in [1.29, 1.82) is 0 Å². The number of hydrogen-bond acceptors (Lipinski definition) is 4. The molecule has 0 N–H and O–H groups in total. The van der Waals surface area contributed by atoms with Gasteiger partial charge in [0.1, 0.15) is 11.4 Å². The number of para-hydroxylation sites is 1. The van der Waals surface area contributed by atoms with Gasteiger partial charge in [0, 0.05) is 20.0 Å². The molecule has 7 heteroatoms. The maximum atomic E-state index is 14.4. The normalized spacial score (nSPS) is 17.6. The molecule has 5 nitrogen and oxygen atoms in total. The monoisotopic (exact) mass is 342 g/mol. The van der Waals surface area contributed by atoms with Crippen LogP contribution in [0.1, 0.15) is 19.8 Å². The number of nitrogens with zero attached hydrogens (tertiary/aromatic N) is 2. The maximum Gasteiger partial charge on any atom is 0.332 e. The van der Waals surface area contributed by atoms with E-state index in [4.69, 9.17) is 16.3 Å². The van der Waals surface area contributed by atoms with Crippen LogP contribution in [0, 0.1) is 5.82 Å². The number of anilines is 1. The van der Waals surface area contributed by atoms with Crippen LogP contribution in [-0.4, -0.2) is 49.6 Å². The molecule has 0 atom stereocenters. The Morgan fingerprint density at radius 3 is 2.43 bits per heavy atom. The summed E-state index contributed by atoms with van der Waals surface area (Å²) in [5, 5.41) is 0.0856. The van der Waals surface area contributed by atoms with Crippen LogP contribution in [0.25, 0.3) is 0 Å². The van der Waals surface area contributed by atoms with Gasteiger partial charge in [0.15, 0.2) is 0 Å². The highest BCUT2D eigenvalue weighted by atomic mass is 35.5. The van der Waals surface area contributed by atoms with Crippen molar-refractivity contribution in [2.75, 3.05) is 32.1 Å². The van der Waals surface area contributed by atoms with E-state index in [2.05, 4.69) is 0 Å². The summed E-state index contributed by atoms with van der Waals surface area (Å²) in [6.45, 7) is 2.47. The molecule has 2 rings (SSSR count). The Balaban J connectivity index is 2.61. The lowest BCUT2D eigenvalue weighted by Crippen LogP contribution is -2.62. The lowest BCUT2D eigenvalue weighted by Gasteiger charge is -2.45. The van der Waals surface area contributed by atoms with Gasteiger partial charge in [0.05, 0.1) is 17.8 Å². The van der Waals surface area contributed by atoms with Gasteiger partial charge in [-0.3, -0.25) is 9.69 Å². The molecule has 126 valence electrons. The third-order valence-electron chi connectivity index (χ3n) is 4.28. The lowest BCUT2D eigenvalue weighted by molar-refractivity contribution is -0.150. The fourth-order valence-corrected chi connectivity index (χ4v) is 3.32. The van der Waals surface area contributed by atoms with Crippen molar-refractivity contribution in [1.82, 2.24) is 4.90 Å². The van der Waals surface area contributed by atoms with E-state index in [-0.39, 0.29) is 10.7 Å². The molecule has 0 saturated carbocycles. The van der Waals surface area contributed by atoms with Crippen LogP contribution >= 0.6 is 11.6 Å². The number of methoxy groups -OCH3 is 1. The predicted molar refractivity (Wildman–Crippen MR) is 86.0 cm³/mol. The van der Waals surface area contributed by atoms with Gasteiger partial charge in [-0.25, -0.2) is 9.18 Å². The first-order valence-corrected chi connectivity index (χ1v) is 7.73. The summed E-state index contributed by atoms with van der Waals surface area (Å²) in [4.78, 5) is 28.1. The second-order valence-corrected chi connectivity index (χ2v) is 6.16. The number of rotatable bonds is 3. The van der Waals surface area contributed by atoms with Crippen LogP contribution in [0.2, 0.25) is 5.02 Å². The van der Waals surface area contributed by atoms with Crippen molar-refractivity contribution in [3.63, 3.8) is 0 Å². The quantitative estimate of drug-likeness (QED) is 0.792. The van der Waals surface area contributed by atoms with E-state index in [9.17, 15) is 14.0 Å². The highest BCUT2D eigenvalue weighted by Gasteiger charge is 2.50. The first-order valence-electron chi connectivity index (χ1n) is 7.35. The van der Waals surface area contributed by atoms with Gasteiger partial charge in [0.25, 0.3) is 0 Å². The molecule has 0 bridgehead atoms. The van der Waals surface area contributed by atoms with Crippen molar-refractivity contribution in [3.05, 3.63) is 29.0 Å². The number of esters is 1. The minimum Gasteiger partial charge on any atom is -0.467 e. The molecular weight excluding hydrogens is 323 g/mol. The number of likely N-dealkylation sites (tertiary alicyclic amines) is 1. The maximum absolute atomic E-state index is 14.4. The number of hydrogen-bond donors (Lipinski definition) is 0. The van der Waals surface area contributed by atoms with Gasteiger partial charge in [0.2, 0.25) is 5.91 Å². The molecule has 0 aromatic heterocycles. The molecule has 1 aromatic rings. The van der Waals surface area contributed by atoms with Gasteiger partial charge in [-0.2, -0.15) is 0 Å². The molecule has 1 amide bonds. The summed E-state index contributed by atoms with van der Waals surface area (Å²) in [5.41, 5.74) is -1.32. The fourth-order valence-electron chi connectivity index (χ4n) is 3.07. The Morgan fingerprint density at radius 2 is 1.96 bits per heavy atom. The molecule has 0 unspecified atom stereocenters. The van der Waals surface area contributed by atoms with Gasteiger partial charge in [-0.05, 0) is 32.0 Å². The Labute approximate surface area is 140 Å². The van der Waals surface area contributed by atoms with E-state index in [0.717, 1.165) is 0 Å². The number of halogens is 2. The summed E-state index contributed by atoms with van der Waals surface area (Å²) >= 11 is 6.13. The number of carbonyl (C=O) groups excluding carboxylic acids is 2. The molecule has 1 aliphatic rings. The van der Waals surface area contributed by atoms with Crippen molar-refractivity contribution in [3.8, 4) is 0 Å². The van der Waals surface area contributed by atoms with E-state index in [1.165, 1.54) is 37.1 Å². The van der Waals surface area contributed by atoms with Gasteiger partial charge in [-0.1, -0.05) is 17.7 Å². The zero-order chi connectivity index (χ0) is 17.2. The van der Waals surface area contributed by atoms with E-state index >= 15 is 0 Å². The van der Waals surface area contributed by atoms with Gasteiger partial charge >= 0.3 is 5.97 Å². The number of amides is 1. The van der Waals surface area contributed by atoms with E-state index in [1.807, 2.05) is 11.9 Å². The molecule has 0 spiro atoms. The first-order chi connectivity index (χ1) is 10.8. The van der Waals surface area contributed by atoms with Crippen molar-refractivity contribution >= 4 is 29.2 Å². The molecule has 0 aliphatic carbocycles. The van der Waals surface area contributed by atoms with Crippen molar-refractivity contribution in [2.24, 2.45) is 0 Å². The van der Waals surface area contributed by atoms with E-state index in [1.54, 1.807) is 0 Å². The molecule has 0 radical (unpaired) electrons. The Bertz CT molecular complexity index is 595. The Kier molecular flexibility index (Phi) is 5.26. The number of ether oxygens (including phenoxy) is 1.